The molecule has 0 aliphatic heterocycles. The van der Waals surface area contributed by atoms with Crippen molar-refractivity contribution >= 4 is 39.3 Å². The highest BCUT2D eigenvalue weighted by molar-refractivity contribution is 7.99. The van der Waals surface area contributed by atoms with E-state index in [1.54, 1.807) is 37.9 Å². The second kappa shape index (κ2) is 10.2. The number of rotatable bonds is 9. The van der Waals surface area contributed by atoms with Gasteiger partial charge in [0.15, 0.2) is 0 Å². The van der Waals surface area contributed by atoms with Crippen LogP contribution >= 0.6 is 23.4 Å². The molecule has 152 valence electrons. The van der Waals surface area contributed by atoms with Gasteiger partial charge in [0.05, 0.1) is 10.8 Å². The van der Waals surface area contributed by atoms with E-state index in [4.69, 9.17) is 11.6 Å². The van der Waals surface area contributed by atoms with Gasteiger partial charge < -0.3 is 4.90 Å². The molecule has 0 spiro atoms. The number of pyridine rings is 1. The van der Waals surface area contributed by atoms with E-state index < -0.39 is 10.0 Å². The number of aromatic nitrogens is 1. The van der Waals surface area contributed by atoms with Crippen LogP contribution in [0.1, 0.15) is 19.4 Å². The van der Waals surface area contributed by atoms with Crippen LogP contribution < -0.4 is 0 Å². The maximum Gasteiger partial charge on any atom is 0.244 e. The van der Waals surface area contributed by atoms with Crippen LogP contribution in [0.25, 0.3) is 0 Å². The number of carbonyl (C=O) groups is 1. The largest absolute Gasteiger partial charge is 0.341 e. The van der Waals surface area contributed by atoms with Crippen molar-refractivity contribution in [3.05, 3.63) is 53.2 Å². The van der Waals surface area contributed by atoms with Crippen LogP contribution in [0, 0.1) is 0 Å². The molecule has 2 rings (SSSR count). The van der Waals surface area contributed by atoms with Gasteiger partial charge >= 0.3 is 0 Å². The number of nitrogens with zero attached hydrogens (tertiary/aromatic N) is 3. The third kappa shape index (κ3) is 5.94. The molecule has 9 heteroatoms. The van der Waals surface area contributed by atoms with E-state index in [0.29, 0.717) is 29.7 Å². The molecule has 2 aromatic rings. The van der Waals surface area contributed by atoms with E-state index in [0.717, 1.165) is 5.56 Å². The fourth-order valence-corrected chi connectivity index (χ4v) is 4.96. The topological polar surface area (TPSA) is 70.6 Å². The Balaban J connectivity index is 1.94. The van der Waals surface area contributed by atoms with Gasteiger partial charge in [-0.25, -0.2) is 13.4 Å². The van der Waals surface area contributed by atoms with E-state index in [1.807, 2.05) is 18.2 Å². The summed E-state index contributed by atoms with van der Waals surface area (Å²) in [5, 5.41) is 1.24. The summed E-state index contributed by atoms with van der Waals surface area (Å²) in [6.07, 6.45) is 1.34. The lowest BCUT2D eigenvalue weighted by molar-refractivity contribution is -0.127. The Labute approximate surface area is 175 Å². The highest BCUT2D eigenvalue weighted by Crippen LogP contribution is 2.20. The van der Waals surface area contributed by atoms with E-state index in [9.17, 15) is 13.2 Å². The zero-order chi connectivity index (χ0) is 20.7. The Morgan fingerprint density at radius 3 is 2.46 bits per heavy atom. The minimum atomic E-state index is -3.53. The maximum absolute atomic E-state index is 12.5. The summed E-state index contributed by atoms with van der Waals surface area (Å²) in [7, 11) is -1.79. The van der Waals surface area contributed by atoms with Crippen LogP contribution in [0.3, 0.4) is 0 Å². The third-order valence-electron chi connectivity index (χ3n) is 4.13. The second-order valence-electron chi connectivity index (χ2n) is 6.09. The summed E-state index contributed by atoms with van der Waals surface area (Å²) in [6.45, 7) is 4.87. The standard InChI is InChI=1S/C19H24ClN3O3S2/c1-4-23(5-2)28(25,26)17-9-10-18(21-12-17)27-14-19(24)22(3)13-15-7-6-8-16(20)11-15/h6-12H,4-5,13-14H2,1-3H3. The average molecular weight is 442 g/mol. The van der Waals surface area contributed by atoms with Crippen molar-refractivity contribution in [3.8, 4) is 0 Å². The Bertz CT molecular complexity index is 901. The second-order valence-corrected chi connectivity index (χ2v) is 9.46. The van der Waals surface area contributed by atoms with Gasteiger partial charge in [0.1, 0.15) is 4.90 Å². The molecule has 0 aliphatic carbocycles. The predicted molar refractivity (Wildman–Crippen MR) is 113 cm³/mol. The molecule has 6 nitrogen and oxygen atoms in total. The molecular formula is C19H24ClN3O3S2. The summed E-state index contributed by atoms with van der Waals surface area (Å²) in [6, 6.07) is 10.5. The number of thioether (sulfide) groups is 1. The monoisotopic (exact) mass is 441 g/mol. The number of carbonyl (C=O) groups excluding carboxylic acids is 1. The van der Waals surface area contributed by atoms with Crippen LogP contribution in [-0.4, -0.2) is 54.4 Å². The SMILES string of the molecule is CCN(CC)S(=O)(=O)c1ccc(SCC(=O)N(C)Cc2cccc(Cl)c2)nc1. The fourth-order valence-electron chi connectivity index (χ4n) is 2.56. The number of amides is 1. The molecular weight excluding hydrogens is 418 g/mol. The molecule has 1 aromatic heterocycles. The Morgan fingerprint density at radius 2 is 1.89 bits per heavy atom. The van der Waals surface area contributed by atoms with Gasteiger partial charge in [-0.05, 0) is 29.8 Å². The Morgan fingerprint density at radius 1 is 1.18 bits per heavy atom. The fraction of sp³-hybridized carbons (Fsp3) is 0.368. The van der Waals surface area contributed by atoms with Crippen molar-refractivity contribution < 1.29 is 13.2 Å². The highest BCUT2D eigenvalue weighted by atomic mass is 35.5. The van der Waals surface area contributed by atoms with Gasteiger partial charge in [-0.2, -0.15) is 4.31 Å². The van der Waals surface area contributed by atoms with Crippen LogP contribution in [0.4, 0.5) is 0 Å². The van der Waals surface area contributed by atoms with Crippen LogP contribution in [0.2, 0.25) is 5.02 Å². The average Bonchev–Trinajstić information content (AvgIpc) is 2.67. The first-order chi connectivity index (χ1) is 13.3. The number of sulfonamides is 1. The number of hydrogen-bond donors (Lipinski definition) is 0. The van der Waals surface area contributed by atoms with Gasteiger partial charge in [0.2, 0.25) is 15.9 Å². The first-order valence-corrected chi connectivity index (χ1v) is 11.7. The van der Waals surface area contributed by atoms with Crippen molar-refractivity contribution in [2.24, 2.45) is 0 Å². The molecule has 0 aliphatic rings. The van der Waals surface area contributed by atoms with Gasteiger partial charge in [0, 0.05) is 37.9 Å². The summed E-state index contributed by atoms with van der Waals surface area (Å²) in [4.78, 5) is 18.3. The molecule has 1 amide bonds. The van der Waals surface area contributed by atoms with Gasteiger partial charge in [-0.3, -0.25) is 4.79 Å². The molecule has 0 atom stereocenters. The quantitative estimate of drug-likeness (QED) is 0.557. The van der Waals surface area contributed by atoms with E-state index in [1.165, 1.54) is 28.3 Å². The van der Waals surface area contributed by atoms with Crippen molar-refractivity contribution in [1.82, 2.24) is 14.2 Å². The van der Waals surface area contributed by atoms with E-state index >= 15 is 0 Å². The molecule has 0 saturated carbocycles. The maximum atomic E-state index is 12.5. The van der Waals surface area contributed by atoms with Gasteiger partial charge in [-0.15, -0.1) is 0 Å². The smallest absolute Gasteiger partial charge is 0.244 e. The normalized spacial score (nSPS) is 11.6. The molecule has 28 heavy (non-hydrogen) atoms. The third-order valence-corrected chi connectivity index (χ3v) is 7.33. The summed E-state index contributed by atoms with van der Waals surface area (Å²) in [5.74, 6) is 0.165. The molecule has 0 fully saturated rings. The lowest BCUT2D eigenvalue weighted by Crippen LogP contribution is -2.30. The first-order valence-electron chi connectivity index (χ1n) is 8.85. The predicted octanol–water partition coefficient (Wildman–Crippen LogP) is 3.52. The van der Waals surface area contributed by atoms with Crippen LogP contribution in [-0.2, 0) is 21.4 Å². The zero-order valence-corrected chi connectivity index (χ0v) is 18.5. The molecule has 0 N–H and O–H groups in total. The first kappa shape index (κ1) is 22.7. The molecule has 0 unspecified atom stereocenters. The highest BCUT2D eigenvalue weighted by Gasteiger charge is 2.22. The number of halogens is 1. The zero-order valence-electron chi connectivity index (χ0n) is 16.1. The molecule has 1 heterocycles. The minimum Gasteiger partial charge on any atom is -0.341 e. The molecule has 0 radical (unpaired) electrons. The van der Waals surface area contributed by atoms with Gasteiger partial charge in [0.25, 0.3) is 0 Å². The molecule has 0 bridgehead atoms. The Kier molecular flexibility index (Phi) is 8.30. The van der Waals surface area contributed by atoms with Crippen LogP contribution in [0.5, 0.6) is 0 Å². The van der Waals surface area contributed by atoms with Crippen LogP contribution in [0.15, 0.2) is 52.5 Å². The van der Waals surface area contributed by atoms with Crippen molar-refractivity contribution in [2.45, 2.75) is 30.3 Å². The number of hydrogen-bond acceptors (Lipinski definition) is 5. The summed E-state index contributed by atoms with van der Waals surface area (Å²) in [5.41, 5.74) is 0.956. The lowest BCUT2D eigenvalue weighted by atomic mass is 10.2. The van der Waals surface area contributed by atoms with Crippen molar-refractivity contribution in [2.75, 3.05) is 25.9 Å². The van der Waals surface area contributed by atoms with Crippen molar-refractivity contribution in [3.63, 3.8) is 0 Å². The van der Waals surface area contributed by atoms with Gasteiger partial charge in [-0.1, -0.05) is 49.3 Å². The number of benzene rings is 1. The lowest BCUT2D eigenvalue weighted by Gasteiger charge is -2.18. The summed E-state index contributed by atoms with van der Waals surface area (Å²) < 4.78 is 26.3. The Hall–Kier alpha value is -1.61. The van der Waals surface area contributed by atoms with E-state index in [-0.39, 0.29) is 16.6 Å². The molecule has 1 aromatic carbocycles. The summed E-state index contributed by atoms with van der Waals surface area (Å²) >= 11 is 7.24. The minimum absolute atomic E-state index is 0.0494. The van der Waals surface area contributed by atoms with E-state index in [2.05, 4.69) is 4.98 Å². The molecule has 0 saturated heterocycles. The van der Waals surface area contributed by atoms with Crippen molar-refractivity contribution in [1.29, 1.82) is 0 Å².